The monoisotopic (exact) mass is 302 g/mol. The van der Waals surface area contributed by atoms with Gasteiger partial charge in [0.25, 0.3) is 0 Å². The van der Waals surface area contributed by atoms with Crippen molar-refractivity contribution in [3.05, 3.63) is 34.7 Å². The number of carbonyl (C=O) groups excluding carboxylic acids is 1. The van der Waals surface area contributed by atoms with Crippen LogP contribution in [0.2, 0.25) is 0 Å². The molecule has 0 fully saturated rings. The van der Waals surface area contributed by atoms with Crippen LogP contribution in [0.5, 0.6) is 5.75 Å². The number of fused-ring (bicyclic) bond motifs is 1. The summed E-state index contributed by atoms with van der Waals surface area (Å²) in [6.07, 6.45) is -2.07. The second-order valence-electron chi connectivity index (χ2n) is 3.88. The number of methoxy groups -OCH3 is 1. The number of rotatable bonds is 2. The molecule has 106 valence electrons. The lowest BCUT2D eigenvalue weighted by Crippen LogP contribution is -2.03. The third-order valence-electron chi connectivity index (χ3n) is 2.59. The zero-order valence-corrected chi connectivity index (χ0v) is 11.0. The number of aromatic hydroxyl groups is 1. The van der Waals surface area contributed by atoms with Crippen molar-refractivity contribution >= 4 is 33.5 Å². The van der Waals surface area contributed by atoms with Crippen molar-refractivity contribution in [1.82, 2.24) is 0 Å². The van der Waals surface area contributed by atoms with Crippen molar-refractivity contribution in [3.8, 4) is 5.75 Å². The van der Waals surface area contributed by atoms with E-state index in [0.29, 0.717) is 9.58 Å². The summed E-state index contributed by atoms with van der Waals surface area (Å²) in [5.74, 6) is -0.894. The highest BCUT2D eigenvalue weighted by molar-refractivity contribution is 7.20. The van der Waals surface area contributed by atoms with E-state index >= 15 is 0 Å². The van der Waals surface area contributed by atoms with Gasteiger partial charge in [-0.2, -0.15) is 13.2 Å². The third kappa shape index (κ3) is 2.77. The van der Waals surface area contributed by atoms with Gasteiger partial charge in [-0.25, -0.2) is 4.79 Å². The molecule has 1 aromatic carbocycles. The fourth-order valence-electron chi connectivity index (χ4n) is 1.60. The predicted octanol–water partition coefficient (Wildman–Crippen LogP) is 3.81. The molecule has 0 atom stereocenters. The van der Waals surface area contributed by atoms with E-state index in [1.54, 1.807) is 0 Å². The largest absolute Gasteiger partial charge is 0.506 e. The summed E-state index contributed by atoms with van der Waals surface area (Å²) in [7, 11) is 1.20. The molecular weight excluding hydrogens is 293 g/mol. The van der Waals surface area contributed by atoms with E-state index < -0.39 is 17.7 Å². The molecule has 0 aliphatic heterocycles. The van der Waals surface area contributed by atoms with Crippen LogP contribution in [0.25, 0.3) is 16.2 Å². The minimum absolute atomic E-state index is 0.106. The fraction of sp³-hybridized carbons (Fsp3) is 0.154. The molecule has 20 heavy (non-hydrogen) atoms. The van der Waals surface area contributed by atoms with Crippen LogP contribution in [0.1, 0.15) is 10.4 Å². The summed E-state index contributed by atoms with van der Waals surface area (Å²) >= 11 is 1.08. The van der Waals surface area contributed by atoms with E-state index in [0.717, 1.165) is 29.5 Å². The Hall–Kier alpha value is -2.02. The van der Waals surface area contributed by atoms with Crippen LogP contribution in [0.4, 0.5) is 13.2 Å². The Morgan fingerprint density at radius 1 is 1.40 bits per heavy atom. The summed E-state index contributed by atoms with van der Waals surface area (Å²) < 4.78 is 42.7. The first kappa shape index (κ1) is 14.4. The normalized spacial score (nSPS) is 12.2. The van der Waals surface area contributed by atoms with Crippen molar-refractivity contribution in [2.45, 2.75) is 6.18 Å². The number of alkyl halides is 3. The van der Waals surface area contributed by atoms with Gasteiger partial charge in [0.05, 0.1) is 17.6 Å². The van der Waals surface area contributed by atoms with E-state index in [1.807, 2.05) is 0 Å². The van der Waals surface area contributed by atoms with Gasteiger partial charge in [-0.05, 0) is 24.3 Å². The van der Waals surface area contributed by atoms with E-state index in [4.69, 9.17) is 0 Å². The summed E-state index contributed by atoms with van der Waals surface area (Å²) in [4.78, 5) is 11.3. The van der Waals surface area contributed by atoms with Gasteiger partial charge in [-0.1, -0.05) is 0 Å². The molecule has 3 nitrogen and oxygen atoms in total. The Labute approximate surface area is 115 Å². The number of benzene rings is 1. The second kappa shape index (κ2) is 5.16. The van der Waals surface area contributed by atoms with Crippen LogP contribution in [0.3, 0.4) is 0 Å². The molecule has 0 spiro atoms. The Bertz CT molecular complexity index is 686. The average Bonchev–Trinajstić information content (AvgIpc) is 2.71. The molecule has 0 saturated carbocycles. The van der Waals surface area contributed by atoms with Crippen LogP contribution in [-0.2, 0) is 15.7 Å². The summed E-state index contributed by atoms with van der Waals surface area (Å²) in [6.45, 7) is 0. The van der Waals surface area contributed by atoms with Crippen molar-refractivity contribution in [3.63, 3.8) is 0 Å². The maximum Gasteiger partial charge on any atom is 0.416 e. The number of hydrogen-bond donors (Lipinski definition) is 1. The first-order valence-corrected chi connectivity index (χ1v) is 6.23. The number of hydrogen-bond acceptors (Lipinski definition) is 4. The molecular formula is C13H9F3O3S. The number of halogens is 3. The van der Waals surface area contributed by atoms with Gasteiger partial charge < -0.3 is 9.84 Å². The zero-order valence-electron chi connectivity index (χ0n) is 10.2. The van der Waals surface area contributed by atoms with Gasteiger partial charge >= 0.3 is 12.1 Å². The molecule has 0 unspecified atom stereocenters. The lowest BCUT2D eigenvalue weighted by Gasteiger charge is -2.05. The second-order valence-corrected chi connectivity index (χ2v) is 4.96. The quantitative estimate of drug-likeness (QED) is 0.678. The van der Waals surface area contributed by atoms with Crippen LogP contribution in [-0.4, -0.2) is 18.2 Å². The maximum atomic E-state index is 12.6. The Kier molecular flexibility index (Phi) is 3.71. The SMILES string of the molecule is COC(=O)C=Cc1sc2ccc(C(F)(F)F)cc2c1O. The molecule has 2 rings (SSSR count). The smallest absolute Gasteiger partial charge is 0.416 e. The lowest BCUT2D eigenvalue weighted by molar-refractivity contribution is -0.137. The standard InChI is InChI=1S/C13H9F3O3S/c1-19-11(17)5-4-10-12(18)8-6-7(13(14,15)16)2-3-9(8)20-10/h2-6,18H,1H3. The average molecular weight is 302 g/mol. The van der Waals surface area contributed by atoms with Crippen molar-refractivity contribution in [1.29, 1.82) is 0 Å². The lowest BCUT2D eigenvalue weighted by atomic mass is 10.1. The maximum absolute atomic E-state index is 12.6. The molecule has 1 aromatic heterocycles. The highest BCUT2D eigenvalue weighted by atomic mass is 32.1. The number of carbonyl (C=O) groups is 1. The van der Waals surface area contributed by atoms with Crippen molar-refractivity contribution in [2.75, 3.05) is 7.11 Å². The zero-order chi connectivity index (χ0) is 14.9. The minimum Gasteiger partial charge on any atom is -0.506 e. The molecule has 0 radical (unpaired) electrons. The Morgan fingerprint density at radius 3 is 2.70 bits per heavy atom. The van der Waals surface area contributed by atoms with Gasteiger partial charge in [0.1, 0.15) is 5.75 Å². The van der Waals surface area contributed by atoms with E-state index in [2.05, 4.69) is 4.74 Å². The number of thiophene rings is 1. The van der Waals surface area contributed by atoms with Gasteiger partial charge in [-0.15, -0.1) is 11.3 Å². The summed E-state index contributed by atoms with van der Waals surface area (Å²) in [6, 6.07) is 3.13. The highest BCUT2D eigenvalue weighted by Gasteiger charge is 2.31. The van der Waals surface area contributed by atoms with Gasteiger partial charge in [0.15, 0.2) is 0 Å². The highest BCUT2D eigenvalue weighted by Crippen LogP contribution is 2.40. The van der Waals surface area contributed by atoms with Crippen LogP contribution < -0.4 is 0 Å². The molecule has 0 bridgehead atoms. The third-order valence-corrected chi connectivity index (χ3v) is 3.71. The predicted molar refractivity (Wildman–Crippen MR) is 69.5 cm³/mol. The number of esters is 1. The molecule has 0 aliphatic rings. The topological polar surface area (TPSA) is 46.5 Å². The molecule has 2 aromatic rings. The van der Waals surface area contributed by atoms with E-state index in [9.17, 15) is 23.1 Å². The van der Waals surface area contributed by atoms with Crippen molar-refractivity contribution in [2.24, 2.45) is 0 Å². The Morgan fingerprint density at radius 2 is 2.10 bits per heavy atom. The van der Waals surface area contributed by atoms with Crippen LogP contribution >= 0.6 is 11.3 Å². The van der Waals surface area contributed by atoms with E-state index in [-0.39, 0.29) is 11.1 Å². The van der Waals surface area contributed by atoms with Crippen LogP contribution in [0, 0.1) is 0 Å². The fourth-order valence-corrected chi connectivity index (χ4v) is 2.59. The molecule has 1 heterocycles. The number of ether oxygens (including phenoxy) is 1. The first-order chi connectivity index (χ1) is 9.32. The molecule has 0 saturated heterocycles. The van der Waals surface area contributed by atoms with Gasteiger partial charge in [0, 0.05) is 16.2 Å². The van der Waals surface area contributed by atoms with Crippen molar-refractivity contribution < 1.29 is 27.8 Å². The Balaban J connectivity index is 2.48. The molecule has 7 heteroatoms. The summed E-state index contributed by atoms with van der Waals surface area (Å²) in [5.41, 5.74) is -0.832. The molecule has 0 aliphatic carbocycles. The molecule has 0 amide bonds. The van der Waals surface area contributed by atoms with E-state index in [1.165, 1.54) is 19.3 Å². The first-order valence-electron chi connectivity index (χ1n) is 5.41. The minimum atomic E-state index is -4.47. The van der Waals surface area contributed by atoms with Crippen LogP contribution in [0.15, 0.2) is 24.3 Å². The van der Waals surface area contributed by atoms with Gasteiger partial charge in [-0.3, -0.25) is 0 Å². The summed E-state index contributed by atoms with van der Waals surface area (Å²) in [5, 5.41) is 10.0. The van der Waals surface area contributed by atoms with Gasteiger partial charge in [0.2, 0.25) is 0 Å². The molecule has 1 N–H and O–H groups in total.